The zero-order valence-corrected chi connectivity index (χ0v) is 9.30. The molecule has 1 fully saturated rings. The van der Waals surface area contributed by atoms with Gasteiger partial charge in [-0.3, -0.25) is 4.79 Å². The molecule has 0 aromatic carbocycles. The third-order valence-corrected chi connectivity index (χ3v) is 2.70. The number of carbonyl (C=O) groups is 2. The van der Waals surface area contributed by atoms with Gasteiger partial charge < -0.3 is 10.0 Å². The highest BCUT2D eigenvalue weighted by molar-refractivity contribution is 5.85. The van der Waals surface area contributed by atoms with Crippen molar-refractivity contribution in [2.45, 2.75) is 19.3 Å². The summed E-state index contributed by atoms with van der Waals surface area (Å²) < 4.78 is 0. The number of hydrogen-bond donors (Lipinski definition) is 1. The van der Waals surface area contributed by atoms with Crippen molar-refractivity contribution in [3.8, 4) is 0 Å². The summed E-state index contributed by atoms with van der Waals surface area (Å²) in [6.07, 6.45) is 3.43. The predicted molar refractivity (Wildman–Crippen MR) is 58.5 cm³/mol. The van der Waals surface area contributed by atoms with Crippen molar-refractivity contribution in [2.75, 3.05) is 13.1 Å². The van der Waals surface area contributed by atoms with Crippen molar-refractivity contribution >= 4 is 11.9 Å². The van der Waals surface area contributed by atoms with E-state index in [0.717, 1.165) is 13.0 Å². The van der Waals surface area contributed by atoms with Crippen LogP contribution in [0.15, 0.2) is 12.3 Å². The maximum Gasteiger partial charge on any atom is 0.354 e. The van der Waals surface area contributed by atoms with E-state index >= 15 is 0 Å². The molecule has 1 N–H and O–H groups in total. The Morgan fingerprint density at radius 2 is 2.35 bits per heavy atom. The first kappa shape index (κ1) is 11.5. The fourth-order valence-corrected chi connectivity index (χ4v) is 1.81. The van der Waals surface area contributed by atoms with Crippen LogP contribution in [0.2, 0.25) is 0 Å². The summed E-state index contributed by atoms with van der Waals surface area (Å²) in [5.41, 5.74) is -0.0113. The van der Waals surface area contributed by atoms with Crippen LogP contribution in [0.5, 0.6) is 0 Å². The van der Waals surface area contributed by atoms with E-state index in [9.17, 15) is 9.59 Å². The monoisotopic (exact) mass is 235 g/mol. The van der Waals surface area contributed by atoms with Crippen LogP contribution in [-0.2, 0) is 11.2 Å². The van der Waals surface area contributed by atoms with E-state index in [1.165, 1.54) is 12.3 Å². The summed E-state index contributed by atoms with van der Waals surface area (Å²) in [6.45, 7) is 1.33. The Morgan fingerprint density at radius 3 is 3.00 bits per heavy atom. The molecule has 1 aliphatic heterocycles. The lowest BCUT2D eigenvalue weighted by atomic mass is 10.3. The molecule has 0 spiro atoms. The van der Waals surface area contributed by atoms with E-state index in [-0.39, 0.29) is 11.6 Å². The van der Waals surface area contributed by atoms with Gasteiger partial charge in [0, 0.05) is 32.1 Å². The quantitative estimate of drug-likeness (QED) is 0.813. The molecule has 6 heteroatoms. The Morgan fingerprint density at radius 1 is 1.53 bits per heavy atom. The Hall–Kier alpha value is -1.98. The van der Waals surface area contributed by atoms with Gasteiger partial charge in [-0.25, -0.2) is 14.8 Å². The largest absolute Gasteiger partial charge is 0.477 e. The minimum Gasteiger partial charge on any atom is -0.477 e. The second kappa shape index (κ2) is 4.90. The Kier molecular flexibility index (Phi) is 3.32. The number of hydrogen-bond acceptors (Lipinski definition) is 4. The molecule has 0 aliphatic carbocycles. The van der Waals surface area contributed by atoms with Crippen LogP contribution in [0.4, 0.5) is 0 Å². The third-order valence-electron chi connectivity index (χ3n) is 2.70. The molecule has 0 atom stereocenters. The number of aromatic carboxylic acids is 1. The fraction of sp³-hybridized carbons (Fsp3) is 0.455. The van der Waals surface area contributed by atoms with Crippen LogP contribution in [0.1, 0.15) is 29.2 Å². The van der Waals surface area contributed by atoms with Crippen LogP contribution in [0.25, 0.3) is 0 Å². The first-order valence-corrected chi connectivity index (χ1v) is 5.50. The topological polar surface area (TPSA) is 83.4 Å². The summed E-state index contributed by atoms with van der Waals surface area (Å²) in [4.78, 5) is 31.7. The second-order valence-corrected chi connectivity index (χ2v) is 3.90. The molecular weight excluding hydrogens is 222 g/mol. The van der Waals surface area contributed by atoms with Crippen LogP contribution in [0.3, 0.4) is 0 Å². The first-order valence-electron chi connectivity index (χ1n) is 5.50. The summed E-state index contributed by atoms with van der Waals surface area (Å²) >= 11 is 0. The zero-order valence-electron chi connectivity index (χ0n) is 9.30. The maximum absolute atomic E-state index is 11.4. The molecule has 1 amide bonds. The number of carboxylic acids is 1. The summed E-state index contributed by atoms with van der Waals surface area (Å²) in [6, 6.07) is 1.35. The molecule has 0 radical (unpaired) electrons. The van der Waals surface area contributed by atoms with Gasteiger partial charge in [-0.05, 0) is 12.5 Å². The van der Waals surface area contributed by atoms with Gasteiger partial charge in [-0.15, -0.1) is 0 Å². The third kappa shape index (κ3) is 2.77. The zero-order chi connectivity index (χ0) is 12.3. The smallest absolute Gasteiger partial charge is 0.354 e. The highest BCUT2D eigenvalue weighted by Crippen LogP contribution is 2.09. The maximum atomic E-state index is 11.4. The lowest BCUT2D eigenvalue weighted by molar-refractivity contribution is -0.127. The molecular formula is C11H13N3O3. The standard InChI is InChI=1S/C11H13N3O3/c15-10-2-1-6-14(10)7-4-9-12-5-3-8(13-9)11(16)17/h3,5H,1-2,4,6-7H2,(H,16,17). The number of carbonyl (C=O) groups excluding carboxylic acids is 1. The van der Waals surface area contributed by atoms with E-state index in [1.807, 2.05) is 0 Å². The molecule has 2 heterocycles. The Labute approximate surface area is 98.3 Å². The van der Waals surface area contributed by atoms with Crippen molar-refractivity contribution in [2.24, 2.45) is 0 Å². The van der Waals surface area contributed by atoms with Gasteiger partial charge in [0.25, 0.3) is 0 Å². The normalized spacial score (nSPS) is 15.3. The number of likely N-dealkylation sites (tertiary alicyclic amines) is 1. The van der Waals surface area contributed by atoms with E-state index in [4.69, 9.17) is 5.11 Å². The van der Waals surface area contributed by atoms with Gasteiger partial charge in [-0.1, -0.05) is 0 Å². The van der Waals surface area contributed by atoms with Gasteiger partial charge in [0.15, 0.2) is 5.69 Å². The summed E-state index contributed by atoms with van der Waals surface area (Å²) in [5.74, 6) is -0.449. The minimum absolute atomic E-state index is 0.0113. The number of carboxylic acid groups (broad SMARTS) is 1. The SMILES string of the molecule is O=C(O)c1ccnc(CCN2CCCC2=O)n1. The average molecular weight is 235 g/mol. The van der Waals surface area contributed by atoms with Gasteiger partial charge >= 0.3 is 5.97 Å². The summed E-state index contributed by atoms with van der Waals surface area (Å²) in [5, 5.41) is 8.78. The molecule has 1 aromatic rings. The van der Waals surface area contributed by atoms with E-state index < -0.39 is 5.97 Å². The van der Waals surface area contributed by atoms with Gasteiger partial charge in [0.1, 0.15) is 5.82 Å². The first-order chi connectivity index (χ1) is 8.16. The Bertz CT molecular complexity index is 447. The highest BCUT2D eigenvalue weighted by Gasteiger charge is 2.19. The lowest BCUT2D eigenvalue weighted by Gasteiger charge is -2.14. The molecule has 17 heavy (non-hydrogen) atoms. The van der Waals surface area contributed by atoms with Crippen LogP contribution in [0, 0.1) is 0 Å². The van der Waals surface area contributed by atoms with Crippen molar-refractivity contribution in [1.82, 2.24) is 14.9 Å². The van der Waals surface area contributed by atoms with Crippen molar-refractivity contribution in [3.63, 3.8) is 0 Å². The second-order valence-electron chi connectivity index (χ2n) is 3.90. The molecule has 0 saturated carbocycles. The molecule has 1 saturated heterocycles. The molecule has 6 nitrogen and oxygen atoms in total. The van der Waals surface area contributed by atoms with Gasteiger partial charge in [0.2, 0.25) is 5.91 Å². The fourth-order valence-electron chi connectivity index (χ4n) is 1.81. The molecule has 1 aliphatic rings. The molecule has 90 valence electrons. The van der Waals surface area contributed by atoms with Crippen molar-refractivity contribution < 1.29 is 14.7 Å². The molecule has 0 bridgehead atoms. The van der Waals surface area contributed by atoms with E-state index in [0.29, 0.717) is 25.2 Å². The van der Waals surface area contributed by atoms with Crippen molar-refractivity contribution in [1.29, 1.82) is 0 Å². The molecule has 2 rings (SSSR count). The van der Waals surface area contributed by atoms with E-state index in [2.05, 4.69) is 9.97 Å². The van der Waals surface area contributed by atoms with Crippen molar-refractivity contribution in [3.05, 3.63) is 23.8 Å². The van der Waals surface area contributed by atoms with Gasteiger partial charge in [-0.2, -0.15) is 0 Å². The molecule has 1 aromatic heterocycles. The summed E-state index contributed by atoms with van der Waals surface area (Å²) in [7, 11) is 0. The lowest BCUT2D eigenvalue weighted by Crippen LogP contribution is -2.27. The highest BCUT2D eigenvalue weighted by atomic mass is 16.4. The van der Waals surface area contributed by atoms with Gasteiger partial charge in [0.05, 0.1) is 0 Å². The van der Waals surface area contributed by atoms with Crippen LogP contribution in [-0.4, -0.2) is 44.9 Å². The average Bonchev–Trinajstić information content (AvgIpc) is 2.72. The van der Waals surface area contributed by atoms with E-state index in [1.54, 1.807) is 4.90 Å². The minimum atomic E-state index is -1.06. The number of aromatic nitrogens is 2. The Balaban J connectivity index is 1.96. The van der Waals surface area contributed by atoms with Crippen LogP contribution < -0.4 is 0 Å². The number of amides is 1. The number of nitrogens with zero attached hydrogens (tertiary/aromatic N) is 3. The molecule has 0 unspecified atom stereocenters. The van der Waals surface area contributed by atoms with Crippen LogP contribution >= 0.6 is 0 Å². The predicted octanol–water partition coefficient (Wildman–Crippen LogP) is 0.340. The number of rotatable bonds is 4.